The fourth-order valence-corrected chi connectivity index (χ4v) is 0.924. The second kappa shape index (κ2) is 3.56. The summed E-state index contributed by atoms with van der Waals surface area (Å²) in [7, 11) is 11.0. The summed E-state index contributed by atoms with van der Waals surface area (Å²) < 4.78 is 0. The van der Waals surface area contributed by atoms with E-state index in [1.807, 2.05) is 0 Å². The molecular weight excluding hydrogens is 164 g/mol. The van der Waals surface area contributed by atoms with Crippen LogP contribution in [-0.2, 0) is 4.79 Å². The Hall–Kier alpha value is -1.38. The molecule has 3 nitrogen and oxygen atoms in total. The number of rotatable bonds is 1. The van der Waals surface area contributed by atoms with Gasteiger partial charge in [-0.05, 0) is 12.1 Å². The number of hydrogen-bond acceptors (Lipinski definition) is 2. The first-order valence-corrected chi connectivity index (χ1v) is 3.67. The second-order valence-corrected chi connectivity index (χ2v) is 2.64. The highest BCUT2D eigenvalue weighted by atomic mass is 16.3. The lowest BCUT2D eigenvalue weighted by atomic mass is 9.79. The number of aromatic hydroxyl groups is 1. The van der Waals surface area contributed by atoms with E-state index in [0.29, 0.717) is 5.69 Å². The van der Waals surface area contributed by atoms with E-state index in [2.05, 4.69) is 5.32 Å². The van der Waals surface area contributed by atoms with Gasteiger partial charge in [-0.25, -0.2) is 0 Å². The van der Waals surface area contributed by atoms with Gasteiger partial charge in [-0.1, -0.05) is 10.9 Å². The van der Waals surface area contributed by atoms with Gasteiger partial charge in [0, 0.05) is 12.6 Å². The molecule has 1 rings (SSSR count). The van der Waals surface area contributed by atoms with Crippen molar-refractivity contribution >= 4 is 38.2 Å². The van der Waals surface area contributed by atoms with E-state index in [9.17, 15) is 4.79 Å². The number of carbonyl (C=O) groups is 1. The average molecular weight is 171 g/mol. The van der Waals surface area contributed by atoms with E-state index in [0.717, 1.165) is 0 Å². The summed E-state index contributed by atoms with van der Waals surface area (Å²) in [5.74, 6) is -0.330. The summed E-state index contributed by atoms with van der Waals surface area (Å²) in [5.41, 5.74) is 0.657. The number of anilines is 1. The smallest absolute Gasteiger partial charge is 0.221 e. The number of hydrogen-bond donors (Lipinski definition) is 2. The van der Waals surface area contributed by atoms with E-state index in [1.165, 1.54) is 19.1 Å². The zero-order valence-electron chi connectivity index (χ0n) is 7.16. The number of carbonyl (C=O) groups excluding carboxylic acids is 1. The van der Waals surface area contributed by atoms with Crippen LogP contribution in [0.5, 0.6) is 5.75 Å². The van der Waals surface area contributed by atoms with Crippen LogP contribution in [-0.4, -0.2) is 26.7 Å². The van der Waals surface area contributed by atoms with E-state index in [-0.39, 0.29) is 22.6 Å². The molecule has 2 N–H and O–H groups in total. The lowest BCUT2D eigenvalue weighted by molar-refractivity contribution is -0.114. The third-order valence-corrected chi connectivity index (χ3v) is 1.57. The minimum absolute atomic E-state index is 0.0752. The number of benzene rings is 1. The molecule has 0 heterocycles. The van der Waals surface area contributed by atoms with E-state index in [4.69, 9.17) is 20.8 Å². The minimum atomic E-state index is -0.239. The lowest BCUT2D eigenvalue weighted by Crippen LogP contribution is -2.29. The molecule has 1 aromatic carbocycles. The molecule has 13 heavy (non-hydrogen) atoms. The van der Waals surface area contributed by atoms with Gasteiger partial charge in [0.15, 0.2) is 0 Å². The Morgan fingerprint density at radius 1 is 1.38 bits per heavy atom. The Morgan fingerprint density at radius 3 is 2.54 bits per heavy atom. The normalized spacial score (nSPS) is 9.62. The molecule has 0 saturated heterocycles. The highest BCUT2D eigenvalue weighted by Crippen LogP contribution is 2.07. The second-order valence-electron chi connectivity index (χ2n) is 2.64. The Morgan fingerprint density at radius 2 is 2.00 bits per heavy atom. The van der Waals surface area contributed by atoms with Gasteiger partial charge < -0.3 is 10.4 Å². The first-order chi connectivity index (χ1) is 6.02. The fraction of sp³-hybridized carbons (Fsp3) is 0.125. The summed E-state index contributed by atoms with van der Waals surface area (Å²) in [6.07, 6.45) is 0. The third kappa shape index (κ3) is 2.05. The van der Waals surface area contributed by atoms with Crippen molar-refractivity contribution in [2.24, 2.45) is 0 Å². The van der Waals surface area contributed by atoms with Crippen LogP contribution in [0, 0.1) is 0 Å². The van der Waals surface area contributed by atoms with Crippen molar-refractivity contribution in [3.05, 3.63) is 12.1 Å². The first kappa shape index (κ1) is 9.71. The molecule has 0 bridgehead atoms. The van der Waals surface area contributed by atoms with Crippen LogP contribution in [0.4, 0.5) is 5.69 Å². The van der Waals surface area contributed by atoms with Crippen LogP contribution in [0.3, 0.4) is 0 Å². The summed E-state index contributed by atoms with van der Waals surface area (Å²) >= 11 is 0. The molecule has 62 valence electrons. The van der Waals surface area contributed by atoms with Gasteiger partial charge in [0.25, 0.3) is 0 Å². The maximum atomic E-state index is 10.7. The van der Waals surface area contributed by atoms with Gasteiger partial charge in [0.1, 0.15) is 21.4 Å². The maximum Gasteiger partial charge on any atom is 0.221 e. The molecule has 0 fully saturated rings. The minimum Gasteiger partial charge on any atom is -0.509 e. The summed E-state index contributed by atoms with van der Waals surface area (Å²) in [5, 5.41) is 11.6. The molecule has 0 aliphatic rings. The number of amides is 1. The van der Waals surface area contributed by atoms with Gasteiger partial charge in [0.2, 0.25) is 5.91 Å². The Bertz CT molecular complexity index is 352. The van der Waals surface area contributed by atoms with Crippen molar-refractivity contribution in [1.29, 1.82) is 0 Å². The standard InChI is InChI=1S/C8H7B2NO2/c1-4(12)11-5-2-3-6(13)8(10)7(5)9/h2-3,13H,1H3,(H,11,12). The van der Waals surface area contributed by atoms with Crippen molar-refractivity contribution in [3.8, 4) is 5.75 Å². The van der Waals surface area contributed by atoms with Crippen molar-refractivity contribution in [2.75, 3.05) is 5.32 Å². The topological polar surface area (TPSA) is 49.3 Å². The summed E-state index contributed by atoms with van der Waals surface area (Å²) in [4.78, 5) is 10.7. The van der Waals surface area contributed by atoms with Crippen LogP contribution in [0.2, 0.25) is 0 Å². The van der Waals surface area contributed by atoms with Gasteiger partial charge in [-0.2, -0.15) is 0 Å². The number of phenolic OH excluding ortho intramolecular Hbond substituents is 1. The van der Waals surface area contributed by atoms with Gasteiger partial charge in [-0.3, -0.25) is 4.79 Å². The monoisotopic (exact) mass is 171 g/mol. The van der Waals surface area contributed by atoms with Crippen molar-refractivity contribution in [3.63, 3.8) is 0 Å². The van der Waals surface area contributed by atoms with Crippen molar-refractivity contribution in [2.45, 2.75) is 6.92 Å². The molecule has 0 aromatic heterocycles. The zero-order chi connectivity index (χ0) is 10.0. The average Bonchev–Trinajstić information content (AvgIpc) is 2.06. The molecule has 0 aliphatic carbocycles. The molecule has 0 atom stereocenters. The number of nitrogens with one attached hydrogen (secondary N) is 1. The predicted octanol–water partition coefficient (Wildman–Crippen LogP) is -1.06. The fourth-order valence-electron chi connectivity index (χ4n) is 0.924. The Labute approximate surface area is 79.0 Å². The molecule has 0 aliphatic heterocycles. The molecule has 1 aromatic rings. The van der Waals surface area contributed by atoms with E-state index in [1.54, 1.807) is 0 Å². The largest absolute Gasteiger partial charge is 0.509 e. The van der Waals surface area contributed by atoms with E-state index >= 15 is 0 Å². The highest BCUT2D eigenvalue weighted by molar-refractivity contribution is 6.52. The van der Waals surface area contributed by atoms with Crippen LogP contribution in [0.15, 0.2) is 12.1 Å². The first-order valence-electron chi connectivity index (χ1n) is 3.67. The van der Waals surface area contributed by atoms with Crippen LogP contribution >= 0.6 is 0 Å². The van der Waals surface area contributed by atoms with E-state index < -0.39 is 0 Å². The lowest BCUT2D eigenvalue weighted by Gasteiger charge is -2.10. The molecule has 4 radical (unpaired) electrons. The Balaban J connectivity index is 3.10. The molecule has 5 heteroatoms. The van der Waals surface area contributed by atoms with Crippen LogP contribution in [0.1, 0.15) is 6.92 Å². The van der Waals surface area contributed by atoms with Gasteiger partial charge in [-0.15, -0.1) is 0 Å². The molecule has 0 unspecified atom stereocenters. The molecule has 1 amide bonds. The van der Waals surface area contributed by atoms with Crippen molar-refractivity contribution < 1.29 is 9.90 Å². The SMILES string of the molecule is [B]c1c(O)ccc(NC(C)=O)c1[B]. The van der Waals surface area contributed by atoms with Gasteiger partial charge in [0.05, 0.1) is 0 Å². The van der Waals surface area contributed by atoms with Crippen LogP contribution < -0.4 is 16.2 Å². The predicted molar refractivity (Wildman–Crippen MR) is 53.2 cm³/mol. The highest BCUT2D eigenvalue weighted by Gasteiger charge is 2.04. The van der Waals surface area contributed by atoms with Crippen LogP contribution in [0.25, 0.3) is 0 Å². The van der Waals surface area contributed by atoms with Crippen molar-refractivity contribution in [1.82, 2.24) is 0 Å². The third-order valence-electron chi connectivity index (χ3n) is 1.57. The Kier molecular flexibility index (Phi) is 2.66. The molecule has 0 saturated carbocycles. The quantitative estimate of drug-likeness (QED) is 0.417. The molecule has 0 spiro atoms. The summed E-state index contributed by atoms with van der Waals surface area (Å²) in [6.45, 7) is 1.36. The van der Waals surface area contributed by atoms with Gasteiger partial charge >= 0.3 is 0 Å². The zero-order valence-corrected chi connectivity index (χ0v) is 7.16. The summed E-state index contributed by atoms with van der Waals surface area (Å²) in [6, 6.07) is 2.86. The number of phenols is 1. The molecular formula is C8H7B2NO2. The maximum absolute atomic E-state index is 10.7.